The van der Waals surface area contributed by atoms with Crippen molar-refractivity contribution in [2.45, 2.75) is 0 Å². The predicted molar refractivity (Wildman–Crippen MR) is 84.0 cm³/mol. The van der Waals surface area contributed by atoms with Crippen LogP contribution in [-0.4, -0.2) is 11.0 Å². The Kier molecular flexibility index (Phi) is 3.50. The van der Waals surface area contributed by atoms with Crippen molar-refractivity contribution in [1.29, 1.82) is 0 Å². The molecule has 21 heavy (non-hydrogen) atoms. The average molecular weight is 298 g/mol. The summed E-state index contributed by atoms with van der Waals surface area (Å²) < 4.78 is 13.7. The highest BCUT2D eigenvalue weighted by Crippen LogP contribution is 2.22. The summed E-state index contributed by atoms with van der Waals surface area (Å²) in [6.07, 6.45) is 1.47. The molecule has 1 aliphatic heterocycles. The van der Waals surface area contributed by atoms with Crippen LogP contribution in [0.25, 0.3) is 6.08 Å². The molecule has 104 valence electrons. The van der Waals surface area contributed by atoms with E-state index in [1.807, 2.05) is 18.2 Å². The molecule has 1 N–H and O–H groups in total. The average Bonchev–Trinajstić information content (AvgIpc) is 2.77. The normalized spacial score (nSPS) is 16.4. The Morgan fingerprint density at radius 3 is 2.43 bits per heavy atom. The fourth-order valence-electron chi connectivity index (χ4n) is 2.09. The molecule has 1 fully saturated rings. The molecule has 0 atom stereocenters. The minimum Gasteiger partial charge on any atom is -0.327 e. The van der Waals surface area contributed by atoms with E-state index in [9.17, 15) is 9.18 Å². The first-order chi connectivity index (χ1) is 10.2. The van der Waals surface area contributed by atoms with E-state index in [4.69, 9.17) is 12.2 Å². The number of nitrogens with zero attached hydrogens (tertiary/aromatic N) is 1. The van der Waals surface area contributed by atoms with Crippen molar-refractivity contribution in [1.82, 2.24) is 5.32 Å². The monoisotopic (exact) mass is 298 g/mol. The Labute approximate surface area is 126 Å². The number of hydrogen-bond donors (Lipinski definition) is 1. The van der Waals surface area contributed by atoms with Crippen LogP contribution in [0.5, 0.6) is 0 Å². The third kappa shape index (κ3) is 2.55. The number of carbonyl (C=O) groups excluding carboxylic acids is 1. The summed E-state index contributed by atoms with van der Waals surface area (Å²) in [7, 11) is 0. The Balaban J connectivity index is 1.96. The minimum atomic E-state index is -0.385. The van der Waals surface area contributed by atoms with Gasteiger partial charge in [-0.3, -0.25) is 9.69 Å². The van der Waals surface area contributed by atoms with Gasteiger partial charge in [-0.1, -0.05) is 36.4 Å². The van der Waals surface area contributed by atoms with Gasteiger partial charge in [-0.15, -0.1) is 0 Å². The van der Waals surface area contributed by atoms with Gasteiger partial charge in [-0.2, -0.15) is 0 Å². The van der Waals surface area contributed by atoms with Gasteiger partial charge in [0.15, 0.2) is 5.11 Å². The molecular formula is C16H11FN2OS. The number of amides is 1. The maximum Gasteiger partial charge on any atom is 0.281 e. The van der Waals surface area contributed by atoms with E-state index in [2.05, 4.69) is 5.32 Å². The molecule has 0 bridgehead atoms. The van der Waals surface area contributed by atoms with Gasteiger partial charge in [0, 0.05) is 5.56 Å². The molecule has 2 aromatic rings. The Bertz CT molecular complexity index is 743. The highest BCUT2D eigenvalue weighted by molar-refractivity contribution is 7.80. The lowest BCUT2D eigenvalue weighted by atomic mass is 10.2. The Morgan fingerprint density at radius 2 is 1.71 bits per heavy atom. The van der Waals surface area contributed by atoms with Crippen LogP contribution in [0, 0.1) is 5.82 Å². The summed E-state index contributed by atoms with van der Waals surface area (Å²) in [5.74, 6) is -0.682. The first kappa shape index (κ1) is 13.5. The molecule has 1 aliphatic rings. The topological polar surface area (TPSA) is 32.3 Å². The van der Waals surface area contributed by atoms with E-state index < -0.39 is 0 Å². The van der Waals surface area contributed by atoms with Gasteiger partial charge in [-0.05, 0) is 36.5 Å². The number of nitrogens with one attached hydrogen (secondary N) is 1. The van der Waals surface area contributed by atoms with Crippen LogP contribution in [0.2, 0.25) is 0 Å². The third-order valence-electron chi connectivity index (χ3n) is 3.10. The Morgan fingerprint density at radius 1 is 1.05 bits per heavy atom. The lowest BCUT2D eigenvalue weighted by Gasteiger charge is -2.13. The van der Waals surface area contributed by atoms with Gasteiger partial charge in [0.25, 0.3) is 5.91 Å². The SMILES string of the molecule is O=C1/C(=C\c2ccccc2F)NC(=S)N1c1ccccc1. The number of hydrogen-bond acceptors (Lipinski definition) is 2. The number of rotatable bonds is 2. The summed E-state index contributed by atoms with van der Waals surface area (Å²) in [5, 5.41) is 3.12. The molecule has 0 spiro atoms. The molecule has 1 heterocycles. The molecule has 0 radical (unpaired) electrons. The number of anilines is 1. The maximum atomic E-state index is 13.7. The molecule has 0 saturated carbocycles. The summed E-state index contributed by atoms with van der Waals surface area (Å²) in [6, 6.07) is 15.3. The lowest BCUT2D eigenvalue weighted by molar-refractivity contribution is -0.113. The van der Waals surface area contributed by atoms with Crippen molar-refractivity contribution in [3.63, 3.8) is 0 Å². The third-order valence-corrected chi connectivity index (χ3v) is 3.38. The second-order valence-corrected chi connectivity index (χ2v) is 4.87. The van der Waals surface area contributed by atoms with Crippen molar-refractivity contribution in [2.24, 2.45) is 0 Å². The van der Waals surface area contributed by atoms with Crippen LogP contribution in [0.1, 0.15) is 5.56 Å². The summed E-state index contributed by atoms with van der Waals surface area (Å²) in [6.45, 7) is 0. The lowest BCUT2D eigenvalue weighted by Crippen LogP contribution is -2.30. The number of halogens is 1. The predicted octanol–water partition coefficient (Wildman–Crippen LogP) is 3.09. The van der Waals surface area contributed by atoms with Crippen LogP contribution < -0.4 is 10.2 Å². The number of para-hydroxylation sites is 1. The van der Waals surface area contributed by atoms with E-state index in [1.54, 1.807) is 30.3 Å². The van der Waals surface area contributed by atoms with E-state index in [0.29, 0.717) is 11.3 Å². The van der Waals surface area contributed by atoms with Crippen LogP contribution >= 0.6 is 12.2 Å². The van der Waals surface area contributed by atoms with Gasteiger partial charge in [0.05, 0.1) is 5.69 Å². The van der Waals surface area contributed by atoms with Crippen molar-refractivity contribution in [2.75, 3.05) is 4.90 Å². The molecule has 0 aliphatic carbocycles. The van der Waals surface area contributed by atoms with Crippen molar-refractivity contribution < 1.29 is 9.18 Å². The van der Waals surface area contributed by atoms with Gasteiger partial charge in [0.2, 0.25) is 0 Å². The molecule has 3 rings (SSSR count). The smallest absolute Gasteiger partial charge is 0.281 e. The van der Waals surface area contributed by atoms with Gasteiger partial charge in [-0.25, -0.2) is 4.39 Å². The van der Waals surface area contributed by atoms with Crippen molar-refractivity contribution in [3.05, 3.63) is 71.7 Å². The highest BCUT2D eigenvalue weighted by atomic mass is 32.1. The van der Waals surface area contributed by atoms with Crippen LogP contribution in [0.3, 0.4) is 0 Å². The first-order valence-corrected chi connectivity index (χ1v) is 6.74. The quantitative estimate of drug-likeness (QED) is 0.683. The largest absolute Gasteiger partial charge is 0.327 e. The summed E-state index contributed by atoms with van der Waals surface area (Å²) in [5.41, 5.74) is 1.27. The van der Waals surface area contributed by atoms with E-state index in [0.717, 1.165) is 0 Å². The van der Waals surface area contributed by atoms with Crippen molar-refractivity contribution >= 4 is 35.0 Å². The van der Waals surface area contributed by atoms with Gasteiger partial charge < -0.3 is 5.32 Å². The number of carbonyl (C=O) groups is 1. The first-order valence-electron chi connectivity index (χ1n) is 6.33. The standard InChI is InChI=1S/C16H11FN2OS/c17-13-9-5-4-6-11(13)10-14-15(20)19(16(21)18-14)12-7-2-1-3-8-12/h1-10H,(H,18,21)/b14-10+. The molecule has 1 amide bonds. The minimum absolute atomic E-state index is 0.258. The second kappa shape index (κ2) is 5.46. The number of benzene rings is 2. The molecule has 0 aromatic heterocycles. The van der Waals surface area contributed by atoms with Crippen LogP contribution in [-0.2, 0) is 4.79 Å². The van der Waals surface area contributed by atoms with Crippen LogP contribution in [0.4, 0.5) is 10.1 Å². The molecule has 2 aromatic carbocycles. The van der Waals surface area contributed by atoms with Crippen molar-refractivity contribution in [3.8, 4) is 0 Å². The zero-order valence-corrected chi connectivity index (χ0v) is 11.7. The molecule has 5 heteroatoms. The summed E-state index contributed by atoms with van der Waals surface area (Å²) in [4.78, 5) is 13.8. The summed E-state index contributed by atoms with van der Waals surface area (Å²) >= 11 is 5.19. The molecule has 0 unspecified atom stereocenters. The fourth-order valence-corrected chi connectivity index (χ4v) is 2.39. The molecule has 3 nitrogen and oxygen atoms in total. The Hall–Kier alpha value is -2.53. The second-order valence-electron chi connectivity index (χ2n) is 4.49. The van der Waals surface area contributed by atoms with Crippen LogP contribution in [0.15, 0.2) is 60.3 Å². The number of thiocarbonyl (C=S) groups is 1. The van der Waals surface area contributed by atoms with Gasteiger partial charge >= 0.3 is 0 Å². The molecular weight excluding hydrogens is 287 g/mol. The highest BCUT2D eigenvalue weighted by Gasteiger charge is 2.31. The van der Waals surface area contributed by atoms with E-state index in [1.165, 1.54) is 17.0 Å². The maximum absolute atomic E-state index is 13.7. The zero-order valence-electron chi connectivity index (χ0n) is 10.9. The molecule has 1 saturated heterocycles. The zero-order chi connectivity index (χ0) is 14.8. The fraction of sp³-hybridized carbons (Fsp3) is 0. The van der Waals surface area contributed by atoms with Gasteiger partial charge in [0.1, 0.15) is 11.5 Å². The van der Waals surface area contributed by atoms with E-state index in [-0.39, 0.29) is 22.5 Å². The van der Waals surface area contributed by atoms with E-state index >= 15 is 0 Å².